The molecule has 4 nitrogen and oxygen atoms in total. The zero-order valence-corrected chi connectivity index (χ0v) is 12.2. The molecule has 0 aromatic heterocycles. The van der Waals surface area contributed by atoms with Gasteiger partial charge in [-0.2, -0.15) is 8.78 Å². The average molecular weight is 300 g/mol. The second kappa shape index (κ2) is 7.47. The van der Waals surface area contributed by atoms with Gasteiger partial charge in [-0.25, -0.2) is 0 Å². The van der Waals surface area contributed by atoms with E-state index in [1.54, 1.807) is 13.8 Å². The third-order valence-electron chi connectivity index (χ3n) is 3.35. The summed E-state index contributed by atoms with van der Waals surface area (Å²) in [7, 11) is 0. The van der Waals surface area contributed by atoms with Gasteiger partial charge < -0.3 is 16.2 Å². The summed E-state index contributed by atoms with van der Waals surface area (Å²) in [6.45, 7) is 3.29. The molecule has 0 saturated heterocycles. The Balaban J connectivity index is 2.53. The Morgan fingerprint density at radius 3 is 2.43 bits per heavy atom. The summed E-state index contributed by atoms with van der Waals surface area (Å²) in [5, 5.41) is 11.7. The van der Waals surface area contributed by atoms with Crippen LogP contribution < -0.4 is 11.1 Å². The highest BCUT2D eigenvalue weighted by Crippen LogP contribution is 2.23. The van der Waals surface area contributed by atoms with Gasteiger partial charge in [0.05, 0.1) is 0 Å². The van der Waals surface area contributed by atoms with Crippen LogP contribution in [-0.4, -0.2) is 35.6 Å². The summed E-state index contributed by atoms with van der Waals surface area (Å²) in [6, 6.07) is 8.02. The van der Waals surface area contributed by atoms with E-state index in [4.69, 9.17) is 5.73 Å². The molecule has 0 bridgehead atoms. The van der Waals surface area contributed by atoms with Crippen molar-refractivity contribution in [2.24, 2.45) is 11.7 Å². The Morgan fingerprint density at radius 2 is 1.90 bits per heavy atom. The number of aliphatic hydroxyl groups is 1. The number of halogens is 2. The van der Waals surface area contributed by atoms with Gasteiger partial charge in [0.15, 0.2) is 0 Å². The minimum Gasteiger partial charge on any atom is -0.385 e. The van der Waals surface area contributed by atoms with Gasteiger partial charge in [-0.05, 0) is 17.9 Å². The number of alkyl halides is 2. The first-order valence-corrected chi connectivity index (χ1v) is 6.90. The third kappa shape index (κ3) is 4.75. The molecule has 0 fully saturated rings. The van der Waals surface area contributed by atoms with E-state index >= 15 is 0 Å². The average Bonchev–Trinajstić information content (AvgIpc) is 2.46. The molecule has 1 aromatic rings. The molecule has 2 atom stereocenters. The van der Waals surface area contributed by atoms with Crippen LogP contribution in [0.4, 0.5) is 8.78 Å². The van der Waals surface area contributed by atoms with Crippen molar-refractivity contribution in [1.82, 2.24) is 5.32 Å². The van der Waals surface area contributed by atoms with Crippen LogP contribution >= 0.6 is 0 Å². The number of benzene rings is 1. The normalized spacial score (nSPS) is 14.8. The molecule has 1 amide bonds. The largest absolute Gasteiger partial charge is 0.385 e. The number of carbonyl (C=O) groups is 1. The van der Waals surface area contributed by atoms with E-state index in [-0.39, 0.29) is 12.5 Å². The maximum Gasteiger partial charge on any atom is 0.351 e. The van der Waals surface area contributed by atoms with Crippen LogP contribution in [0.1, 0.15) is 19.4 Å². The minimum absolute atomic E-state index is 0.0715. The van der Waals surface area contributed by atoms with Crippen molar-refractivity contribution in [2.45, 2.75) is 38.3 Å². The van der Waals surface area contributed by atoms with Gasteiger partial charge in [-0.15, -0.1) is 0 Å². The molecular formula is C15H22F2N2O2. The van der Waals surface area contributed by atoms with Crippen molar-refractivity contribution >= 4 is 5.91 Å². The number of hydrogen-bond donors (Lipinski definition) is 3. The number of rotatable bonds is 7. The number of nitrogens with two attached hydrogens (primary N) is 1. The maximum absolute atomic E-state index is 13.8. The van der Waals surface area contributed by atoms with Crippen LogP contribution in [0.15, 0.2) is 30.3 Å². The van der Waals surface area contributed by atoms with Gasteiger partial charge in [-0.1, -0.05) is 44.2 Å². The molecule has 0 aliphatic rings. The van der Waals surface area contributed by atoms with Crippen LogP contribution in [0.2, 0.25) is 0 Å². The number of hydrogen-bond acceptors (Lipinski definition) is 3. The predicted octanol–water partition coefficient (Wildman–Crippen LogP) is 1.32. The Hall–Kier alpha value is -1.53. The maximum atomic E-state index is 13.8. The monoisotopic (exact) mass is 300 g/mol. The van der Waals surface area contributed by atoms with Crippen molar-refractivity contribution in [1.29, 1.82) is 0 Å². The first kappa shape index (κ1) is 17.5. The minimum atomic E-state index is -3.90. The number of carbonyl (C=O) groups excluding carboxylic acids is 1. The number of amides is 1. The Bertz CT molecular complexity index is 452. The summed E-state index contributed by atoms with van der Waals surface area (Å²) in [6.07, 6.45) is -1.76. The smallest absolute Gasteiger partial charge is 0.351 e. The summed E-state index contributed by atoms with van der Waals surface area (Å²) in [5.74, 6) is -5.76. The van der Waals surface area contributed by atoms with E-state index in [0.29, 0.717) is 6.42 Å². The number of aliphatic hydroxyl groups excluding tert-OH is 1. The van der Waals surface area contributed by atoms with Crippen molar-refractivity contribution < 1.29 is 18.7 Å². The molecule has 1 rings (SSSR count). The lowest BCUT2D eigenvalue weighted by Crippen LogP contribution is -2.57. The van der Waals surface area contributed by atoms with E-state index in [9.17, 15) is 18.7 Å². The van der Waals surface area contributed by atoms with E-state index in [0.717, 1.165) is 5.56 Å². The van der Waals surface area contributed by atoms with Crippen LogP contribution in [0.3, 0.4) is 0 Å². The SMILES string of the molecule is CC(C)[C@H](N)C(O)C(F)(F)C(=O)NCCc1ccccc1. The predicted molar refractivity (Wildman–Crippen MR) is 76.9 cm³/mol. The fraction of sp³-hybridized carbons (Fsp3) is 0.533. The lowest BCUT2D eigenvalue weighted by Gasteiger charge is -2.28. The summed E-state index contributed by atoms with van der Waals surface area (Å²) >= 11 is 0. The van der Waals surface area contributed by atoms with Crippen LogP contribution in [0.5, 0.6) is 0 Å². The molecule has 0 radical (unpaired) electrons. The Labute approximate surface area is 123 Å². The summed E-state index contributed by atoms with van der Waals surface area (Å²) in [4.78, 5) is 11.5. The molecule has 1 aromatic carbocycles. The molecule has 4 N–H and O–H groups in total. The van der Waals surface area contributed by atoms with Crippen molar-refractivity contribution in [3.05, 3.63) is 35.9 Å². The zero-order chi connectivity index (χ0) is 16.0. The van der Waals surface area contributed by atoms with E-state index in [1.807, 2.05) is 30.3 Å². The summed E-state index contributed by atoms with van der Waals surface area (Å²) < 4.78 is 27.6. The highest BCUT2D eigenvalue weighted by molar-refractivity contribution is 5.84. The third-order valence-corrected chi connectivity index (χ3v) is 3.35. The van der Waals surface area contributed by atoms with Gasteiger partial charge in [0.2, 0.25) is 0 Å². The van der Waals surface area contributed by atoms with Gasteiger partial charge in [0, 0.05) is 12.6 Å². The van der Waals surface area contributed by atoms with Gasteiger partial charge in [0.1, 0.15) is 6.10 Å². The first-order valence-electron chi connectivity index (χ1n) is 6.90. The topological polar surface area (TPSA) is 75.3 Å². The van der Waals surface area contributed by atoms with E-state index in [2.05, 4.69) is 5.32 Å². The lowest BCUT2D eigenvalue weighted by molar-refractivity contribution is -0.167. The van der Waals surface area contributed by atoms with Crippen LogP contribution in [0.25, 0.3) is 0 Å². The molecule has 21 heavy (non-hydrogen) atoms. The Kier molecular flexibility index (Phi) is 6.23. The van der Waals surface area contributed by atoms with Crippen LogP contribution in [0, 0.1) is 5.92 Å². The highest BCUT2D eigenvalue weighted by Gasteiger charge is 2.49. The zero-order valence-electron chi connectivity index (χ0n) is 12.2. The summed E-state index contributed by atoms with van der Waals surface area (Å²) in [5.41, 5.74) is 6.42. The van der Waals surface area contributed by atoms with E-state index < -0.39 is 24.0 Å². The van der Waals surface area contributed by atoms with E-state index in [1.165, 1.54) is 0 Å². The van der Waals surface area contributed by atoms with Gasteiger partial charge >= 0.3 is 5.92 Å². The lowest BCUT2D eigenvalue weighted by atomic mass is 9.95. The fourth-order valence-electron chi connectivity index (χ4n) is 1.82. The quantitative estimate of drug-likeness (QED) is 0.711. The molecule has 0 aliphatic heterocycles. The molecule has 118 valence electrons. The number of nitrogens with one attached hydrogen (secondary N) is 1. The first-order chi connectivity index (χ1) is 9.76. The Morgan fingerprint density at radius 1 is 1.33 bits per heavy atom. The molecule has 0 aliphatic carbocycles. The molecule has 0 heterocycles. The van der Waals surface area contributed by atoms with Gasteiger partial charge in [-0.3, -0.25) is 4.79 Å². The van der Waals surface area contributed by atoms with Crippen LogP contribution in [-0.2, 0) is 11.2 Å². The standard InChI is InChI=1S/C15H22F2N2O2/c1-10(2)12(18)13(20)15(16,17)14(21)19-9-8-11-6-4-3-5-7-11/h3-7,10,12-13,20H,8-9,18H2,1-2H3,(H,19,21)/t12-,13?/m0/s1. The second-order valence-corrected chi connectivity index (χ2v) is 5.38. The molecule has 0 saturated carbocycles. The fourth-order valence-corrected chi connectivity index (χ4v) is 1.82. The van der Waals surface area contributed by atoms with Crippen molar-refractivity contribution in [3.8, 4) is 0 Å². The van der Waals surface area contributed by atoms with Gasteiger partial charge in [0.25, 0.3) is 5.91 Å². The second-order valence-electron chi connectivity index (χ2n) is 5.38. The molecule has 6 heteroatoms. The van der Waals surface area contributed by atoms with Crippen molar-refractivity contribution in [3.63, 3.8) is 0 Å². The molecule has 0 spiro atoms. The molecular weight excluding hydrogens is 278 g/mol. The highest BCUT2D eigenvalue weighted by atomic mass is 19.3. The van der Waals surface area contributed by atoms with Crippen molar-refractivity contribution in [2.75, 3.05) is 6.54 Å². The molecule has 1 unspecified atom stereocenters.